The molecular formula is C12H17NOS2. The molecule has 1 aliphatic heterocycles. The minimum atomic E-state index is 0.150. The first-order valence-corrected chi connectivity index (χ1v) is 7.69. The molecule has 0 saturated carbocycles. The molecule has 1 atom stereocenters. The van der Waals surface area contributed by atoms with E-state index in [1.807, 2.05) is 11.8 Å². The summed E-state index contributed by atoms with van der Waals surface area (Å²) in [6.07, 6.45) is 1.59. The lowest BCUT2D eigenvalue weighted by Gasteiger charge is -2.30. The molecule has 1 aromatic rings. The molecule has 0 aliphatic carbocycles. The van der Waals surface area contributed by atoms with Gasteiger partial charge < -0.3 is 0 Å². The van der Waals surface area contributed by atoms with E-state index in [-0.39, 0.29) is 6.04 Å². The van der Waals surface area contributed by atoms with Gasteiger partial charge in [-0.15, -0.1) is 0 Å². The Bertz CT molecular complexity index is 337. The number of hydrogen-bond acceptors (Lipinski definition) is 4. The van der Waals surface area contributed by atoms with Crippen LogP contribution in [0.2, 0.25) is 0 Å². The maximum absolute atomic E-state index is 12.1. The van der Waals surface area contributed by atoms with Crippen molar-refractivity contribution >= 4 is 28.9 Å². The molecule has 1 fully saturated rings. The van der Waals surface area contributed by atoms with E-state index in [0.717, 1.165) is 24.5 Å². The summed E-state index contributed by atoms with van der Waals surface area (Å²) in [6.45, 7) is 1.04. The summed E-state index contributed by atoms with van der Waals surface area (Å²) >= 11 is 3.60. The Morgan fingerprint density at radius 2 is 2.50 bits per heavy atom. The zero-order chi connectivity index (χ0) is 11.4. The summed E-state index contributed by atoms with van der Waals surface area (Å²) in [6, 6.07) is 2.26. The van der Waals surface area contributed by atoms with Crippen LogP contribution < -0.4 is 0 Å². The lowest BCUT2D eigenvalue weighted by molar-refractivity contribution is -0.123. The number of thiophene rings is 1. The zero-order valence-corrected chi connectivity index (χ0v) is 11.1. The smallest absolute Gasteiger partial charge is 0.151 e. The van der Waals surface area contributed by atoms with E-state index in [4.69, 9.17) is 0 Å². The molecule has 0 amide bonds. The highest BCUT2D eigenvalue weighted by molar-refractivity contribution is 7.99. The Labute approximate surface area is 105 Å². The van der Waals surface area contributed by atoms with E-state index < -0.39 is 0 Å². The van der Waals surface area contributed by atoms with Crippen molar-refractivity contribution in [2.75, 3.05) is 25.1 Å². The Hall–Kier alpha value is -0.320. The molecule has 0 spiro atoms. The van der Waals surface area contributed by atoms with Gasteiger partial charge in [-0.25, -0.2) is 0 Å². The maximum atomic E-state index is 12.1. The number of ketones is 1. The zero-order valence-electron chi connectivity index (χ0n) is 9.52. The normalized spacial score (nSPS) is 22.2. The highest BCUT2D eigenvalue weighted by Gasteiger charge is 2.25. The van der Waals surface area contributed by atoms with Gasteiger partial charge in [0.05, 0.1) is 6.04 Å². The van der Waals surface area contributed by atoms with Gasteiger partial charge in [-0.1, -0.05) is 0 Å². The average molecular weight is 255 g/mol. The second-order valence-corrected chi connectivity index (χ2v) is 6.10. The number of carbonyl (C=O) groups is 1. The fourth-order valence-corrected chi connectivity index (χ4v) is 3.84. The minimum Gasteiger partial charge on any atom is -0.298 e. The molecule has 1 aliphatic rings. The van der Waals surface area contributed by atoms with Gasteiger partial charge in [0.15, 0.2) is 5.78 Å². The van der Waals surface area contributed by atoms with Gasteiger partial charge in [0.1, 0.15) is 0 Å². The Balaban J connectivity index is 1.83. The number of thioether (sulfide) groups is 1. The van der Waals surface area contributed by atoms with Crippen LogP contribution in [0, 0.1) is 0 Å². The van der Waals surface area contributed by atoms with E-state index in [9.17, 15) is 4.79 Å². The number of aryl methyl sites for hydroxylation is 1. The summed E-state index contributed by atoms with van der Waals surface area (Å²) in [4.78, 5) is 14.3. The van der Waals surface area contributed by atoms with Crippen LogP contribution in [0.15, 0.2) is 16.8 Å². The summed E-state index contributed by atoms with van der Waals surface area (Å²) < 4.78 is 0. The van der Waals surface area contributed by atoms with Crippen LogP contribution in [-0.2, 0) is 11.2 Å². The first-order chi connectivity index (χ1) is 7.77. The fraction of sp³-hybridized carbons (Fsp3) is 0.583. The predicted molar refractivity (Wildman–Crippen MR) is 71.4 cm³/mol. The van der Waals surface area contributed by atoms with Crippen molar-refractivity contribution in [3.8, 4) is 0 Å². The van der Waals surface area contributed by atoms with Crippen LogP contribution in [0.4, 0.5) is 0 Å². The van der Waals surface area contributed by atoms with Crippen molar-refractivity contribution < 1.29 is 4.79 Å². The third-order valence-corrected chi connectivity index (χ3v) is 4.76. The molecule has 1 unspecified atom stereocenters. The van der Waals surface area contributed by atoms with Gasteiger partial charge >= 0.3 is 0 Å². The second-order valence-electron chi connectivity index (χ2n) is 4.17. The molecule has 2 heterocycles. The largest absolute Gasteiger partial charge is 0.298 e. The van der Waals surface area contributed by atoms with Crippen LogP contribution in [0.1, 0.15) is 12.0 Å². The molecule has 0 bridgehead atoms. The highest BCUT2D eigenvalue weighted by atomic mass is 32.2. The molecule has 2 rings (SSSR count). The first kappa shape index (κ1) is 12.1. The third kappa shape index (κ3) is 3.09. The lowest BCUT2D eigenvalue weighted by atomic mass is 10.1. The van der Waals surface area contributed by atoms with E-state index in [1.54, 1.807) is 11.3 Å². The van der Waals surface area contributed by atoms with E-state index >= 15 is 0 Å². The number of nitrogens with zero attached hydrogens (tertiary/aromatic N) is 1. The third-order valence-electron chi connectivity index (χ3n) is 3.01. The van der Waals surface area contributed by atoms with Crippen LogP contribution in [0.25, 0.3) is 0 Å². The molecule has 16 heavy (non-hydrogen) atoms. The quantitative estimate of drug-likeness (QED) is 0.823. The predicted octanol–water partition coefficient (Wildman–Crippen LogP) is 2.30. The Morgan fingerprint density at radius 3 is 3.19 bits per heavy atom. The van der Waals surface area contributed by atoms with E-state index in [1.165, 1.54) is 5.56 Å². The molecule has 1 saturated heterocycles. The van der Waals surface area contributed by atoms with Crippen LogP contribution in [-0.4, -0.2) is 41.8 Å². The van der Waals surface area contributed by atoms with Crippen LogP contribution >= 0.6 is 23.1 Å². The number of Topliss-reactive ketones (excluding diaryl/α,β-unsaturated/α-hetero) is 1. The number of likely N-dealkylation sites (N-methyl/N-ethyl adjacent to an activating group) is 1. The topological polar surface area (TPSA) is 20.3 Å². The molecule has 1 aromatic heterocycles. The SMILES string of the molecule is CN1CCSCC1C(=O)CCc1ccsc1. The van der Waals surface area contributed by atoms with Crippen molar-refractivity contribution in [3.63, 3.8) is 0 Å². The summed E-state index contributed by atoms with van der Waals surface area (Å²) in [5.74, 6) is 2.53. The van der Waals surface area contributed by atoms with Crippen molar-refractivity contribution in [2.45, 2.75) is 18.9 Å². The molecule has 2 nitrogen and oxygen atoms in total. The van der Waals surface area contributed by atoms with Gasteiger partial charge in [0, 0.05) is 24.5 Å². The van der Waals surface area contributed by atoms with Crippen LogP contribution in [0.5, 0.6) is 0 Å². The van der Waals surface area contributed by atoms with Gasteiger partial charge in [-0.05, 0) is 35.9 Å². The van der Waals surface area contributed by atoms with E-state index in [2.05, 4.69) is 28.8 Å². The number of rotatable bonds is 4. The van der Waals surface area contributed by atoms with Crippen molar-refractivity contribution in [1.82, 2.24) is 4.90 Å². The fourth-order valence-electron chi connectivity index (χ4n) is 1.89. The highest BCUT2D eigenvalue weighted by Crippen LogP contribution is 2.17. The van der Waals surface area contributed by atoms with E-state index in [0.29, 0.717) is 12.2 Å². The van der Waals surface area contributed by atoms with Gasteiger partial charge in [0.25, 0.3) is 0 Å². The van der Waals surface area contributed by atoms with Crippen molar-refractivity contribution in [2.24, 2.45) is 0 Å². The number of hydrogen-bond donors (Lipinski definition) is 0. The monoisotopic (exact) mass is 255 g/mol. The molecule has 0 radical (unpaired) electrons. The average Bonchev–Trinajstić information content (AvgIpc) is 2.79. The summed E-state index contributed by atoms with van der Waals surface area (Å²) in [7, 11) is 2.06. The molecule has 0 N–H and O–H groups in total. The second kappa shape index (κ2) is 5.84. The molecule has 4 heteroatoms. The summed E-state index contributed by atoms with van der Waals surface area (Å²) in [5.41, 5.74) is 1.30. The maximum Gasteiger partial charge on any atom is 0.151 e. The minimum absolute atomic E-state index is 0.150. The Morgan fingerprint density at radius 1 is 1.62 bits per heavy atom. The molecule has 88 valence electrons. The van der Waals surface area contributed by atoms with Crippen LogP contribution in [0.3, 0.4) is 0 Å². The molecule has 0 aromatic carbocycles. The Kier molecular flexibility index (Phi) is 4.44. The van der Waals surface area contributed by atoms with Crippen molar-refractivity contribution in [3.05, 3.63) is 22.4 Å². The standard InChI is InChI=1S/C12H17NOS2/c1-13-5-7-16-9-11(13)12(14)3-2-10-4-6-15-8-10/h4,6,8,11H,2-3,5,7,9H2,1H3. The van der Waals surface area contributed by atoms with Gasteiger partial charge in [-0.3, -0.25) is 9.69 Å². The molecular weight excluding hydrogens is 238 g/mol. The number of carbonyl (C=O) groups excluding carboxylic acids is 1. The van der Waals surface area contributed by atoms with Gasteiger partial charge in [0.2, 0.25) is 0 Å². The lowest BCUT2D eigenvalue weighted by Crippen LogP contribution is -2.44. The summed E-state index contributed by atoms with van der Waals surface area (Å²) in [5, 5.41) is 4.20. The van der Waals surface area contributed by atoms with Crippen molar-refractivity contribution in [1.29, 1.82) is 0 Å². The van der Waals surface area contributed by atoms with Gasteiger partial charge in [-0.2, -0.15) is 23.1 Å². The first-order valence-electron chi connectivity index (χ1n) is 5.59.